The lowest BCUT2D eigenvalue weighted by Gasteiger charge is -2.23. The van der Waals surface area contributed by atoms with Gasteiger partial charge in [-0.05, 0) is 41.8 Å². The van der Waals surface area contributed by atoms with Crippen LogP contribution in [0.1, 0.15) is 52.0 Å². The van der Waals surface area contributed by atoms with Crippen molar-refractivity contribution in [3.05, 3.63) is 47.2 Å². The van der Waals surface area contributed by atoms with Crippen LogP contribution in [0.4, 0.5) is 0 Å². The Morgan fingerprint density at radius 2 is 1.62 bits per heavy atom. The molecule has 2 unspecified atom stereocenters. The summed E-state index contributed by atoms with van der Waals surface area (Å²) < 4.78 is 20.3. The monoisotopic (exact) mass is 590 g/mol. The summed E-state index contributed by atoms with van der Waals surface area (Å²) in [6.45, 7) is 5.30. The second-order valence-corrected chi connectivity index (χ2v) is 10.5. The molecule has 0 heterocycles. The Morgan fingerprint density at radius 1 is 0.976 bits per heavy atom. The molecule has 14 nitrogen and oxygen atoms in total. The highest BCUT2D eigenvalue weighted by molar-refractivity contribution is 5.88. The van der Waals surface area contributed by atoms with Crippen molar-refractivity contribution in [3.8, 4) is 5.75 Å². The molecule has 0 aliphatic rings. The van der Waals surface area contributed by atoms with Crippen LogP contribution in [-0.2, 0) is 38.2 Å². The molecule has 14 heteroatoms. The van der Waals surface area contributed by atoms with E-state index in [4.69, 9.17) is 18.9 Å². The number of hydrogen-bond donors (Lipinski definition) is 1. The number of esters is 3. The number of nitrogens with one attached hydrogen (secondary N) is 1. The first kappa shape index (κ1) is 33.6. The number of hydrazine groups is 1. The summed E-state index contributed by atoms with van der Waals surface area (Å²) >= 11 is 0. The highest BCUT2D eigenvalue weighted by Gasteiger charge is 2.29. The van der Waals surface area contributed by atoms with Crippen molar-refractivity contribution in [1.29, 1.82) is 0 Å². The topological polar surface area (TPSA) is 168 Å². The molecule has 0 bridgehead atoms. The van der Waals surface area contributed by atoms with E-state index < -0.39 is 54.8 Å². The van der Waals surface area contributed by atoms with E-state index in [1.807, 2.05) is 36.4 Å². The van der Waals surface area contributed by atoms with Crippen molar-refractivity contribution in [2.45, 2.75) is 52.5 Å². The molecule has 0 radical (unpaired) electrons. The number of carbonyl (C=O) groups excluding carboxylic acids is 4. The molecule has 230 valence electrons. The van der Waals surface area contributed by atoms with Gasteiger partial charge in [-0.15, -0.1) is 0 Å². The van der Waals surface area contributed by atoms with E-state index in [-0.39, 0.29) is 17.8 Å². The minimum atomic E-state index is -1.22. The van der Waals surface area contributed by atoms with Gasteiger partial charge in [0.1, 0.15) is 11.8 Å². The van der Waals surface area contributed by atoms with Crippen molar-refractivity contribution in [1.82, 2.24) is 10.3 Å². The maximum absolute atomic E-state index is 12.5. The van der Waals surface area contributed by atoms with Crippen LogP contribution >= 0.6 is 0 Å². The Balaban J connectivity index is 1.88. The van der Waals surface area contributed by atoms with Crippen molar-refractivity contribution in [3.63, 3.8) is 0 Å². The van der Waals surface area contributed by atoms with Gasteiger partial charge in [0.2, 0.25) is 18.0 Å². The molecule has 0 aliphatic heterocycles. The van der Waals surface area contributed by atoms with Crippen molar-refractivity contribution in [2.24, 2.45) is 10.7 Å². The molecule has 0 fully saturated rings. The standard InChI is InChI=1S/C28H38N4O10/c1-18(19-8-9-21-15-22(38-7)11-10-20(21)14-19)25(34)40-16-39-24(33)13-12-23(29-27(36)28(2,3)4)26(35)41-17-42-30-32(37)31(5)6/h8-11,14-15,18,23H,12-13,16-17H2,1-7H3,(H,29,36)/b32-30-. The molecular formula is C28H38N4O10. The Morgan fingerprint density at radius 3 is 2.26 bits per heavy atom. The van der Waals surface area contributed by atoms with Gasteiger partial charge < -0.3 is 34.3 Å². The molecule has 0 saturated heterocycles. The molecule has 1 N–H and O–H groups in total. The van der Waals surface area contributed by atoms with Gasteiger partial charge in [-0.2, -0.15) is 5.01 Å². The summed E-state index contributed by atoms with van der Waals surface area (Å²) in [7, 11) is 4.44. The van der Waals surface area contributed by atoms with E-state index in [0.717, 1.165) is 27.1 Å². The van der Waals surface area contributed by atoms with Gasteiger partial charge >= 0.3 is 17.9 Å². The molecule has 0 spiro atoms. The predicted octanol–water partition coefficient (Wildman–Crippen LogP) is 3.18. The third kappa shape index (κ3) is 10.4. The molecule has 2 atom stereocenters. The van der Waals surface area contributed by atoms with E-state index >= 15 is 0 Å². The molecule has 2 rings (SSSR count). The zero-order chi connectivity index (χ0) is 31.4. The van der Waals surface area contributed by atoms with Crippen LogP contribution in [0.3, 0.4) is 0 Å². The number of rotatable bonds is 14. The van der Waals surface area contributed by atoms with E-state index in [0.29, 0.717) is 0 Å². The second kappa shape index (κ2) is 15.4. The second-order valence-electron chi connectivity index (χ2n) is 10.5. The van der Waals surface area contributed by atoms with Crippen LogP contribution in [0.25, 0.3) is 10.8 Å². The summed E-state index contributed by atoms with van der Waals surface area (Å²) in [6, 6.07) is 9.93. The largest absolute Gasteiger partial charge is 0.569 e. The summed E-state index contributed by atoms with van der Waals surface area (Å²) in [5, 5.41) is 19.9. The normalized spacial score (nSPS) is 13.0. The highest BCUT2D eigenvalue weighted by atomic mass is 16.8. The van der Waals surface area contributed by atoms with E-state index in [2.05, 4.69) is 15.4 Å². The maximum Gasteiger partial charge on any atom is 0.331 e. The Bertz CT molecular complexity index is 1290. The average Bonchev–Trinajstić information content (AvgIpc) is 2.95. The molecule has 1 amide bonds. The molecule has 2 aromatic rings. The van der Waals surface area contributed by atoms with Gasteiger partial charge in [-0.3, -0.25) is 14.4 Å². The van der Waals surface area contributed by atoms with Gasteiger partial charge in [0.15, 0.2) is 0 Å². The summed E-state index contributed by atoms with van der Waals surface area (Å²) in [5.74, 6) is -2.63. The molecule has 2 aromatic carbocycles. The fourth-order valence-corrected chi connectivity index (χ4v) is 3.34. The van der Waals surface area contributed by atoms with Crippen molar-refractivity contribution < 1.29 is 47.9 Å². The summed E-state index contributed by atoms with van der Waals surface area (Å²) in [5.41, 5.74) is -0.107. The van der Waals surface area contributed by atoms with E-state index in [9.17, 15) is 24.4 Å². The zero-order valence-corrected chi connectivity index (χ0v) is 24.9. The highest BCUT2D eigenvalue weighted by Crippen LogP contribution is 2.26. The molecule has 0 saturated carbocycles. The molecule has 42 heavy (non-hydrogen) atoms. The third-order valence-electron chi connectivity index (χ3n) is 5.98. The van der Waals surface area contributed by atoms with Crippen LogP contribution < -0.4 is 10.1 Å². The molecular weight excluding hydrogens is 552 g/mol. The fraction of sp³-hybridized carbons (Fsp3) is 0.500. The SMILES string of the molecule is COc1ccc2cc(C(C)C(=O)OCOC(=O)CCC(NC(=O)C(C)(C)C)C(=O)OCO/N=[N+](\[O-])N(C)C)ccc2c1. The first-order valence-corrected chi connectivity index (χ1v) is 13.1. The molecule has 0 aromatic heterocycles. The summed E-state index contributed by atoms with van der Waals surface area (Å²) in [4.78, 5) is 54.6. The molecule has 0 aliphatic carbocycles. The van der Waals surface area contributed by atoms with Gasteiger partial charge in [0.05, 0.1) is 32.1 Å². The lowest BCUT2D eigenvalue weighted by molar-refractivity contribution is -0.700. The van der Waals surface area contributed by atoms with Gasteiger partial charge in [-0.25, -0.2) is 4.79 Å². The third-order valence-corrected chi connectivity index (χ3v) is 5.98. The van der Waals surface area contributed by atoms with Crippen LogP contribution in [0, 0.1) is 10.6 Å². The van der Waals surface area contributed by atoms with Crippen LogP contribution in [0.15, 0.2) is 41.7 Å². The van der Waals surface area contributed by atoms with E-state index in [1.54, 1.807) is 34.8 Å². The Hall–Kier alpha value is -4.62. The van der Waals surface area contributed by atoms with Gasteiger partial charge in [0.25, 0.3) is 6.79 Å². The first-order chi connectivity index (χ1) is 19.7. The predicted molar refractivity (Wildman–Crippen MR) is 148 cm³/mol. The number of methoxy groups -OCH3 is 1. The van der Waals surface area contributed by atoms with E-state index in [1.165, 1.54) is 14.1 Å². The quantitative estimate of drug-likeness (QED) is 0.0856. The zero-order valence-electron chi connectivity index (χ0n) is 24.9. The summed E-state index contributed by atoms with van der Waals surface area (Å²) in [6.07, 6.45) is -0.472. The number of benzene rings is 2. The smallest absolute Gasteiger partial charge is 0.331 e. The van der Waals surface area contributed by atoms with Crippen LogP contribution in [0.5, 0.6) is 5.75 Å². The number of nitrogens with zero attached hydrogens (tertiary/aromatic N) is 3. The van der Waals surface area contributed by atoms with Gasteiger partial charge in [0, 0.05) is 11.8 Å². The number of ether oxygens (including phenoxy) is 4. The average molecular weight is 591 g/mol. The van der Waals surface area contributed by atoms with Crippen LogP contribution in [-0.4, -0.2) is 74.6 Å². The lowest BCUT2D eigenvalue weighted by atomic mass is 9.95. The Labute approximate surface area is 244 Å². The number of fused-ring (bicyclic) bond motifs is 1. The van der Waals surface area contributed by atoms with Crippen LogP contribution in [0.2, 0.25) is 0 Å². The van der Waals surface area contributed by atoms with Gasteiger partial charge in [-0.1, -0.05) is 45.0 Å². The Kier molecular flexibility index (Phi) is 12.3. The first-order valence-electron chi connectivity index (χ1n) is 13.1. The maximum atomic E-state index is 12.5. The number of amides is 1. The van der Waals surface area contributed by atoms with Crippen molar-refractivity contribution >= 4 is 34.6 Å². The lowest BCUT2D eigenvalue weighted by Crippen LogP contribution is -2.46. The minimum Gasteiger partial charge on any atom is -0.569 e. The van der Waals surface area contributed by atoms with Crippen molar-refractivity contribution in [2.75, 3.05) is 34.8 Å². The number of carbonyl (C=O) groups is 4. The fourth-order valence-electron chi connectivity index (χ4n) is 3.34. The number of hydrogen-bond acceptors (Lipinski definition) is 11. The minimum absolute atomic E-state index is 0.121.